The lowest BCUT2D eigenvalue weighted by atomic mass is 9.39. The maximum Gasteiger partial charge on any atom is 0.262 e. The van der Waals surface area contributed by atoms with Crippen LogP contribution in [-0.2, 0) is 4.74 Å². The van der Waals surface area contributed by atoms with Gasteiger partial charge in [-0.3, -0.25) is 4.79 Å². The molecule has 2 aromatic heterocycles. The molecule has 0 amide bonds. The number of hydrogen-bond donors (Lipinski definition) is 0. The molecule has 33 heavy (non-hydrogen) atoms. The van der Waals surface area contributed by atoms with E-state index in [1.54, 1.807) is 26.0 Å². The largest absolute Gasteiger partial charge is 0.378 e. The van der Waals surface area contributed by atoms with E-state index >= 15 is 0 Å². The van der Waals surface area contributed by atoms with Gasteiger partial charge in [0.25, 0.3) is 5.56 Å². The molecule has 7 rings (SSSR count). The molecule has 8 heteroatoms. The predicted molar refractivity (Wildman–Crippen MR) is 121 cm³/mol. The number of benzene rings is 1. The molecule has 2 bridgehead atoms. The van der Waals surface area contributed by atoms with Crippen LogP contribution in [0.5, 0.6) is 0 Å². The highest BCUT2D eigenvalue weighted by Crippen LogP contribution is 2.72. The number of nitrogens with zero attached hydrogens (tertiary/aromatic N) is 3. The molecule has 4 aliphatic rings. The normalized spacial score (nSPS) is 30.7. The Kier molecular flexibility index (Phi) is 4.53. The van der Waals surface area contributed by atoms with Gasteiger partial charge in [0.05, 0.1) is 11.7 Å². The van der Waals surface area contributed by atoms with E-state index in [9.17, 15) is 13.6 Å². The zero-order chi connectivity index (χ0) is 23.1. The first kappa shape index (κ1) is 21.2. The van der Waals surface area contributed by atoms with E-state index in [1.165, 1.54) is 10.5 Å². The van der Waals surface area contributed by atoms with Crippen molar-refractivity contribution in [3.63, 3.8) is 0 Å². The molecule has 5 nitrogen and oxygen atoms in total. The summed E-state index contributed by atoms with van der Waals surface area (Å²) in [4.78, 5) is 22.6. The molecule has 3 saturated carbocycles. The van der Waals surface area contributed by atoms with Crippen LogP contribution in [0.1, 0.15) is 55.0 Å². The van der Waals surface area contributed by atoms with E-state index in [1.807, 2.05) is 6.07 Å². The fourth-order valence-electron chi connectivity index (χ4n) is 6.00. The van der Waals surface area contributed by atoms with E-state index in [2.05, 4.69) is 4.98 Å². The Hall–Kier alpha value is -2.38. The van der Waals surface area contributed by atoms with Crippen molar-refractivity contribution in [2.75, 3.05) is 6.61 Å². The number of aryl methyl sites for hydroxylation is 1. The number of aromatic nitrogens is 3. The summed E-state index contributed by atoms with van der Waals surface area (Å²) < 4.78 is 36.5. The van der Waals surface area contributed by atoms with Crippen LogP contribution in [0.3, 0.4) is 0 Å². The number of hydrogen-bond acceptors (Lipinski definition) is 4. The maximum absolute atomic E-state index is 14.9. The van der Waals surface area contributed by atoms with E-state index in [4.69, 9.17) is 21.3 Å². The van der Waals surface area contributed by atoms with Gasteiger partial charge in [0.15, 0.2) is 5.82 Å². The summed E-state index contributed by atoms with van der Waals surface area (Å²) in [7, 11) is 0. The predicted octanol–water partition coefficient (Wildman–Crippen LogP) is 5.32. The quantitative estimate of drug-likeness (QED) is 0.518. The Morgan fingerprint density at radius 1 is 1.18 bits per heavy atom. The van der Waals surface area contributed by atoms with Gasteiger partial charge < -0.3 is 4.74 Å². The third-order valence-corrected chi connectivity index (χ3v) is 8.10. The zero-order valence-electron chi connectivity index (χ0n) is 18.5. The summed E-state index contributed by atoms with van der Waals surface area (Å²) in [6.07, 6.45) is 3.24. The highest BCUT2D eigenvalue weighted by atomic mass is 35.5. The Morgan fingerprint density at radius 2 is 1.94 bits per heavy atom. The molecule has 0 radical (unpaired) electrons. The standard InChI is InChI=1S/C25H24ClF2N3O2/c1-13-14(2)29-21-9-19(15-5-6-33-20(7-15)24-10-25(28,11-24)12-24)30-22(31(21)23(13)32)17-4-3-16(26)8-18(17)27/h3-4,8-9,15,20H,5-7,10-12H2,1-2H3. The molecule has 1 aromatic carbocycles. The minimum atomic E-state index is -0.975. The average Bonchev–Trinajstić information content (AvgIpc) is 2.74. The Labute approximate surface area is 194 Å². The SMILES string of the molecule is Cc1nc2cc(C3CCOC(C45CC(F)(C4)C5)C3)nc(-c3ccc(Cl)cc3F)n2c(=O)c1C. The monoisotopic (exact) mass is 471 g/mol. The first-order valence-electron chi connectivity index (χ1n) is 11.3. The van der Waals surface area contributed by atoms with Crippen molar-refractivity contribution in [2.24, 2.45) is 5.41 Å². The van der Waals surface area contributed by atoms with E-state index in [-0.39, 0.29) is 39.4 Å². The lowest BCUT2D eigenvalue weighted by Gasteiger charge is -2.69. The number of rotatable bonds is 3. The second-order valence-corrected chi connectivity index (χ2v) is 10.5. The van der Waals surface area contributed by atoms with Crippen LogP contribution < -0.4 is 5.56 Å². The van der Waals surface area contributed by atoms with Gasteiger partial charge in [0, 0.05) is 46.0 Å². The third-order valence-electron chi connectivity index (χ3n) is 7.87. The minimum absolute atomic E-state index is 0.00229. The molecule has 3 aromatic rings. The van der Waals surface area contributed by atoms with Crippen LogP contribution >= 0.6 is 11.6 Å². The molecule has 3 heterocycles. The summed E-state index contributed by atoms with van der Waals surface area (Å²) in [6, 6.07) is 6.17. The lowest BCUT2D eigenvalue weighted by molar-refractivity contribution is -0.276. The topological polar surface area (TPSA) is 56.5 Å². The van der Waals surface area contributed by atoms with Gasteiger partial charge in [0.2, 0.25) is 0 Å². The van der Waals surface area contributed by atoms with Crippen molar-refractivity contribution in [3.8, 4) is 11.4 Å². The Morgan fingerprint density at radius 3 is 2.64 bits per heavy atom. The molecule has 1 saturated heterocycles. The molecule has 4 fully saturated rings. The molecular weight excluding hydrogens is 448 g/mol. The molecule has 2 atom stereocenters. The molecule has 3 aliphatic carbocycles. The third kappa shape index (κ3) is 3.16. The first-order valence-corrected chi connectivity index (χ1v) is 11.7. The average molecular weight is 472 g/mol. The smallest absolute Gasteiger partial charge is 0.262 e. The second kappa shape index (κ2) is 7.06. The second-order valence-electron chi connectivity index (χ2n) is 10.1. The minimum Gasteiger partial charge on any atom is -0.378 e. The number of fused-ring (bicyclic) bond motifs is 1. The molecule has 1 aliphatic heterocycles. The van der Waals surface area contributed by atoms with Crippen LogP contribution in [0.25, 0.3) is 17.0 Å². The van der Waals surface area contributed by atoms with Crippen LogP contribution in [0, 0.1) is 25.1 Å². The molecule has 0 spiro atoms. The van der Waals surface area contributed by atoms with Crippen molar-refractivity contribution in [3.05, 3.63) is 62.4 Å². The van der Waals surface area contributed by atoms with Gasteiger partial charge in [-0.25, -0.2) is 23.1 Å². The highest BCUT2D eigenvalue weighted by Gasteiger charge is 2.72. The van der Waals surface area contributed by atoms with E-state index < -0.39 is 11.5 Å². The van der Waals surface area contributed by atoms with Crippen LogP contribution in [0.15, 0.2) is 29.1 Å². The van der Waals surface area contributed by atoms with Gasteiger partial charge in [-0.05, 0) is 64.2 Å². The lowest BCUT2D eigenvalue weighted by Crippen LogP contribution is -2.69. The van der Waals surface area contributed by atoms with Crippen LogP contribution in [-0.4, -0.2) is 32.7 Å². The summed E-state index contributed by atoms with van der Waals surface area (Å²) in [5.74, 6) is -0.273. The number of halogens is 3. The van der Waals surface area contributed by atoms with Gasteiger partial charge >= 0.3 is 0 Å². The fourth-order valence-corrected chi connectivity index (χ4v) is 6.16. The first-order chi connectivity index (χ1) is 15.7. The van der Waals surface area contributed by atoms with Gasteiger partial charge in [-0.1, -0.05) is 11.6 Å². The number of ether oxygens (including phenoxy) is 1. The molecular formula is C25H24ClF2N3O2. The summed E-state index contributed by atoms with van der Waals surface area (Å²) >= 11 is 5.96. The molecule has 0 N–H and O–H groups in total. The molecule has 172 valence electrons. The Balaban J connectivity index is 1.48. The van der Waals surface area contributed by atoms with Crippen LogP contribution in [0.4, 0.5) is 8.78 Å². The fraction of sp³-hybridized carbons (Fsp3) is 0.480. The van der Waals surface area contributed by atoms with E-state index in [0.29, 0.717) is 42.8 Å². The van der Waals surface area contributed by atoms with E-state index in [0.717, 1.165) is 18.5 Å². The van der Waals surface area contributed by atoms with Gasteiger partial charge in [-0.2, -0.15) is 0 Å². The van der Waals surface area contributed by atoms with Crippen molar-refractivity contribution in [1.82, 2.24) is 14.4 Å². The van der Waals surface area contributed by atoms with Crippen LogP contribution in [0.2, 0.25) is 5.02 Å². The summed E-state index contributed by atoms with van der Waals surface area (Å²) in [5.41, 5.74) is 1.22. The number of alkyl halides is 1. The molecule has 2 unspecified atom stereocenters. The summed E-state index contributed by atoms with van der Waals surface area (Å²) in [6.45, 7) is 4.07. The van der Waals surface area contributed by atoms with Gasteiger partial charge in [0.1, 0.15) is 17.1 Å². The van der Waals surface area contributed by atoms with Crippen molar-refractivity contribution in [2.45, 2.75) is 63.6 Å². The Bertz CT molecular complexity index is 1350. The van der Waals surface area contributed by atoms with Crippen molar-refractivity contribution >= 4 is 17.2 Å². The highest BCUT2D eigenvalue weighted by molar-refractivity contribution is 6.30. The van der Waals surface area contributed by atoms with Gasteiger partial charge in [-0.15, -0.1) is 0 Å². The van der Waals surface area contributed by atoms with Crippen molar-refractivity contribution < 1.29 is 13.5 Å². The van der Waals surface area contributed by atoms with Crippen molar-refractivity contribution in [1.29, 1.82) is 0 Å². The summed E-state index contributed by atoms with van der Waals surface area (Å²) in [5, 5.41) is 0.269. The maximum atomic E-state index is 14.9. The zero-order valence-corrected chi connectivity index (χ0v) is 19.3.